The van der Waals surface area contributed by atoms with Crippen molar-refractivity contribution in [2.24, 2.45) is 11.8 Å². The number of hydrogen-bond donors (Lipinski definition) is 1. The second kappa shape index (κ2) is 6.43. The minimum Gasteiger partial charge on any atom is -0.352 e. The first-order valence-corrected chi connectivity index (χ1v) is 10.5. The summed E-state index contributed by atoms with van der Waals surface area (Å²) in [5, 5.41) is 3.04. The lowest BCUT2D eigenvalue weighted by Crippen LogP contribution is -2.45. The highest BCUT2D eigenvalue weighted by atomic mass is 79.9. The van der Waals surface area contributed by atoms with E-state index in [0.717, 1.165) is 22.9 Å². The number of benzene rings is 1. The summed E-state index contributed by atoms with van der Waals surface area (Å²) in [5.41, 5.74) is 0.484. The fraction of sp³-hybridized carbons (Fsp3) is 0.562. The molecule has 1 N–H and O–H groups in total. The van der Waals surface area contributed by atoms with Crippen molar-refractivity contribution < 1.29 is 13.2 Å². The largest absolute Gasteiger partial charge is 0.352 e. The van der Waals surface area contributed by atoms with Crippen LogP contribution in [0.15, 0.2) is 28.7 Å². The summed E-state index contributed by atoms with van der Waals surface area (Å²) in [6.07, 6.45) is 5.80. The Balaban J connectivity index is 1.72. The molecule has 0 saturated heterocycles. The number of amides is 1. The van der Waals surface area contributed by atoms with Gasteiger partial charge in [0.25, 0.3) is 0 Å². The van der Waals surface area contributed by atoms with Gasteiger partial charge in [0.15, 0.2) is 0 Å². The standard InChI is InChI=1S/C16H21BrN2O3S/c1-23(21,22)19(15-5-3-2-4-13(15)17)10-16(20)18-14-9-11-6-7-12(14)8-11/h2-5,11-12,14H,6-10H2,1H3,(H,18,20)/t11-,12-,14+/m0/s1. The molecule has 3 rings (SSSR count). The van der Waals surface area contributed by atoms with Crippen molar-refractivity contribution in [2.45, 2.75) is 31.7 Å². The minimum atomic E-state index is -3.54. The van der Waals surface area contributed by atoms with E-state index in [1.807, 2.05) is 6.07 Å². The molecular formula is C16H21BrN2O3S. The molecule has 0 aromatic heterocycles. The predicted molar refractivity (Wildman–Crippen MR) is 93.7 cm³/mol. The number of carbonyl (C=O) groups excluding carboxylic acids is 1. The predicted octanol–water partition coefficient (Wildman–Crippen LogP) is 2.52. The van der Waals surface area contributed by atoms with Crippen LogP contribution in [-0.4, -0.2) is 33.2 Å². The maximum atomic E-state index is 12.4. The molecule has 0 aliphatic heterocycles. The first-order valence-electron chi connectivity index (χ1n) is 7.86. The number of nitrogens with zero attached hydrogens (tertiary/aromatic N) is 1. The molecule has 126 valence electrons. The molecule has 0 radical (unpaired) electrons. The van der Waals surface area contributed by atoms with Crippen LogP contribution in [0.1, 0.15) is 25.7 Å². The number of nitrogens with one attached hydrogen (secondary N) is 1. The summed E-state index contributed by atoms with van der Waals surface area (Å²) in [6.45, 7) is -0.185. The molecule has 7 heteroatoms. The highest BCUT2D eigenvalue weighted by Gasteiger charge is 2.40. The molecule has 2 aliphatic rings. The van der Waals surface area contributed by atoms with Crippen LogP contribution in [-0.2, 0) is 14.8 Å². The van der Waals surface area contributed by atoms with Gasteiger partial charge in [0.2, 0.25) is 15.9 Å². The van der Waals surface area contributed by atoms with Crippen LogP contribution < -0.4 is 9.62 Å². The average Bonchev–Trinajstić information content (AvgIpc) is 3.07. The summed E-state index contributed by atoms with van der Waals surface area (Å²) in [6, 6.07) is 7.23. The van der Waals surface area contributed by atoms with Crippen molar-refractivity contribution in [3.63, 3.8) is 0 Å². The first kappa shape index (κ1) is 16.8. The number of sulfonamides is 1. The number of fused-ring (bicyclic) bond motifs is 2. The van der Waals surface area contributed by atoms with Crippen LogP contribution in [0.25, 0.3) is 0 Å². The smallest absolute Gasteiger partial charge is 0.241 e. The van der Waals surface area contributed by atoms with E-state index < -0.39 is 10.0 Å². The maximum absolute atomic E-state index is 12.4. The number of rotatable bonds is 5. The molecule has 0 spiro atoms. The zero-order valence-electron chi connectivity index (χ0n) is 13.0. The quantitative estimate of drug-likeness (QED) is 0.825. The summed E-state index contributed by atoms with van der Waals surface area (Å²) < 4.78 is 26.0. The van der Waals surface area contributed by atoms with Crippen LogP contribution in [0.2, 0.25) is 0 Å². The molecule has 1 aromatic carbocycles. The van der Waals surface area contributed by atoms with E-state index in [9.17, 15) is 13.2 Å². The van der Waals surface area contributed by atoms with E-state index in [0.29, 0.717) is 16.1 Å². The molecule has 5 nitrogen and oxygen atoms in total. The van der Waals surface area contributed by atoms with E-state index in [2.05, 4.69) is 21.2 Å². The molecule has 3 atom stereocenters. The second-order valence-electron chi connectivity index (χ2n) is 6.57. The molecular weight excluding hydrogens is 380 g/mol. The number of halogens is 1. The lowest BCUT2D eigenvalue weighted by molar-refractivity contribution is -0.120. The van der Waals surface area contributed by atoms with Crippen LogP contribution >= 0.6 is 15.9 Å². The monoisotopic (exact) mass is 400 g/mol. The maximum Gasteiger partial charge on any atom is 0.241 e. The highest BCUT2D eigenvalue weighted by molar-refractivity contribution is 9.10. The van der Waals surface area contributed by atoms with E-state index in [-0.39, 0.29) is 18.5 Å². The molecule has 2 bridgehead atoms. The SMILES string of the molecule is CS(=O)(=O)N(CC(=O)N[C@@H]1C[C@H]2CC[C@H]1C2)c1ccccc1Br. The van der Waals surface area contributed by atoms with Gasteiger partial charge in [-0.25, -0.2) is 8.42 Å². The fourth-order valence-electron chi connectivity index (χ4n) is 3.84. The van der Waals surface area contributed by atoms with Crippen molar-refractivity contribution >= 4 is 37.5 Å². The Morgan fingerprint density at radius 3 is 2.61 bits per heavy atom. The van der Waals surface area contributed by atoms with Gasteiger partial charge >= 0.3 is 0 Å². The molecule has 0 unspecified atom stereocenters. The summed E-state index contributed by atoms with van der Waals surface area (Å²) in [4.78, 5) is 12.4. The summed E-state index contributed by atoms with van der Waals surface area (Å²) >= 11 is 3.36. The average molecular weight is 401 g/mol. The van der Waals surface area contributed by atoms with E-state index >= 15 is 0 Å². The van der Waals surface area contributed by atoms with Crippen molar-refractivity contribution in [3.05, 3.63) is 28.7 Å². The van der Waals surface area contributed by atoms with Gasteiger partial charge < -0.3 is 5.32 Å². The number of hydrogen-bond acceptors (Lipinski definition) is 3. The van der Waals surface area contributed by atoms with E-state index in [1.165, 1.54) is 19.3 Å². The van der Waals surface area contributed by atoms with E-state index in [1.54, 1.807) is 18.2 Å². The van der Waals surface area contributed by atoms with Gasteiger partial charge in [-0.05, 0) is 59.2 Å². The van der Waals surface area contributed by atoms with Gasteiger partial charge in [0, 0.05) is 10.5 Å². The lowest BCUT2D eigenvalue weighted by Gasteiger charge is -2.26. The van der Waals surface area contributed by atoms with Crippen LogP contribution in [0, 0.1) is 11.8 Å². The van der Waals surface area contributed by atoms with Gasteiger partial charge in [0.05, 0.1) is 11.9 Å². The number of para-hydroxylation sites is 1. The van der Waals surface area contributed by atoms with Gasteiger partial charge in [-0.2, -0.15) is 0 Å². The van der Waals surface area contributed by atoms with Crippen molar-refractivity contribution in [1.82, 2.24) is 5.32 Å². The van der Waals surface area contributed by atoms with Gasteiger partial charge in [0.1, 0.15) is 6.54 Å². The van der Waals surface area contributed by atoms with Crippen molar-refractivity contribution in [3.8, 4) is 0 Å². The third-order valence-electron chi connectivity index (χ3n) is 4.89. The Hall–Kier alpha value is -1.08. The van der Waals surface area contributed by atoms with Crippen molar-refractivity contribution in [2.75, 3.05) is 17.1 Å². The fourth-order valence-corrected chi connectivity index (χ4v) is 5.32. The first-order chi connectivity index (χ1) is 10.8. The summed E-state index contributed by atoms with van der Waals surface area (Å²) in [7, 11) is -3.54. The zero-order valence-corrected chi connectivity index (χ0v) is 15.4. The van der Waals surface area contributed by atoms with Crippen LogP contribution in [0.5, 0.6) is 0 Å². The Morgan fingerprint density at radius 1 is 1.30 bits per heavy atom. The molecule has 1 amide bonds. The normalized spacial score (nSPS) is 26.3. The van der Waals surface area contributed by atoms with Gasteiger partial charge in [-0.15, -0.1) is 0 Å². The second-order valence-corrected chi connectivity index (χ2v) is 9.33. The lowest BCUT2D eigenvalue weighted by atomic mass is 9.95. The Morgan fingerprint density at radius 2 is 2.04 bits per heavy atom. The molecule has 2 saturated carbocycles. The summed E-state index contributed by atoms with van der Waals surface area (Å²) in [5.74, 6) is 1.07. The van der Waals surface area contributed by atoms with E-state index in [4.69, 9.17) is 0 Å². The Kier molecular flexibility index (Phi) is 4.69. The third-order valence-corrected chi connectivity index (χ3v) is 6.69. The third kappa shape index (κ3) is 3.71. The number of carbonyl (C=O) groups is 1. The topological polar surface area (TPSA) is 66.5 Å². The molecule has 0 heterocycles. The van der Waals surface area contributed by atoms with Crippen LogP contribution in [0.3, 0.4) is 0 Å². The number of anilines is 1. The molecule has 2 aliphatic carbocycles. The molecule has 2 fully saturated rings. The van der Waals surface area contributed by atoms with Crippen molar-refractivity contribution in [1.29, 1.82) is 0 Å². The van der Waals surface area contributed by atoms with Crippen LogP contribution in [0.4, 0.5) is 5.69 Å². The Labute approximate surface area is 145 Å². The Bertz CT molecular complexity index is 707. The van der Waals surface area contributed by atoms with Gasteiger partial charge in [-0.1, -0.05) is 18.6 Å². The molecule has 23 heavy (non-hydrogen) atoms. The van der Waals surface area contributed by atoms with Gasteiger partial charge in [-0.3, -0.25) is 9.10 Å². The molecule has 1 aromatic rings. The zero-order chi connectivity index (χ0) is 16.6. The minimum absolute atomic E-state index is 0.185. The highest BCUT2D eigenvalue weighted by Crippen LogP contribution is 2.44.